The third-order valence-electron chi connectivity index (χ3n) is 2.78. The minimum atomic E-state index is 0.353. The standard InChI is InChI=1S/C12H16OS/c1-2-3-6-10(13)12-8-9-5-4-7-11(9)14-12/h8H,2-7H2,1H3. The highest BCUT2D eigenvalue weighted by atomic mass is 32.1. The number of rotatable bonds is 4. The van der Waals surface area contributed by atoms with Crippen molar-refractivity contribution in [2.75, 3.05) is 0 Å². The first-order valence-electron chi connectivity index (χ1n) is 5.46. The van der Waals surface area contributed by atoms with E-state index in [9.17, 15) is 4.79 Å². The summed E-state index contributed by atoms with van der Waals surface area (Å²) in [6.07, 6.45) is 6.53. The molecule has 0 saturated heterocycles. The van der Waals surface area contributed by atoms with E-state index < -0.39 is 0 Å². The molecule has 2 rings (SSSR count). The topological polar surface area (TPSA) is 17.1 Å². The molecule has 0 amide bonds. The summed E-state index contributed by atoms with van der Waals surface area (Å²) in [6.45, 7) is 2.13. The Hall–Kier alpha value is -0.630. The molecule has 1 aromatic heterocycles. The van der Waals surface area contributed by atoms with Crippen LogP contribution < -0.4 is 0 Å². The summed E-state index contributed by atoms with van der Waals surface area (Å²) >= 11 is 1.73. The average molecular weight is 208 g/mol. The van der Waals surface area contributed by atoms with E-state index in [0.29, 0.717) is 5.78 Å². The van der Waals surface area contributed by atoms with Gasteiger partial charge in [-0.1, -0.05) is 13.3 Å². The highest BCUT2D eigenvalue weighted by Crippen LogP contribution is 2.31. The first-order chi connectivity index (χ1) is 6.81. The maximum atomic E-state index is 11.7. The molecule has 1 nitrogen and oxygen atoms in total. The van der Waals surface area contributed by atoms with Gasteiger partial charge in [-0.05, 0) is 37.3 Å². The number of carbonyl (C=O) groups is 1. The summed E-state index contributed by atoms with van der Waals surface area (Å²) in [6, 6.07) is 2.13. The first kappa shape index (κ1) is 9.91. The average Bonchev–Trinajstić information content (AvgIpc) is 2.72. The summed E-state index contributed by atoms with van der Waals surface area (Å²) in [4.78, 5) is 14.2. The maximum absolute atomic E-state index is 11.7. The molecule has 1 aliphatic rings. The van der Waals surface area contributed by atoms with Crippen molar-refractivity contribution >= 4 is 17.1 Å². The zero-order valence-corrected chi connectivity index (χ0v) is 9.45. The van der Waals surface area contributed by atoms with E-state index in [1.807, 2.05) is 0 Å². The lowest BCUT2D eigenvalue weighted by atomic mass is 10.1. The highest BCUT2D eigenvalue weighted by Gasteiger charge is 2.17. The Morgan fingerprint density at radius 3 is 3.07 bits per heavy atom. The minimum absolute atomic E-state index is 0.353. The lowest BCUT2D eigenvalue weighted by Gasteiger charge is -1.95. The number of carbonyl (C=O) groups excluding carboxylic acids is 1. The number of ketones is 1. The Morgan fingerprint density at radius 1 is 1.50 bits per heavy atom. The molecule has 0 bridgehead atoms. The predicted octanol–water partition coefficient (Wildman–Crippen LogP) is 3.61. The van der Waals surface area contributed by atoms with Crippen LogP contribution in [0, 0.1) is 0 Å². The van der Waals surface area contributed by atoms with Crippen LogP contribution in [0.4, 0.5) is 0 Å². The monoisotopic (exact) mass is 208 g/mol. The van der Waals surface area contributed by atoms with Gasteiger partial charge in [-0.15, -0.1) is 11.3 Å². The largest absolute Gasteiger partial charge is 0.293 e. The lowest BCUT2D eigenvalue weighted by Crippen LogP contribution is -1.95. The van der Waals surface area contributed by atoms with Crippen molar-refractivity contribution in [1.82, 2.24) is 0 Å². The molecule has 14 heavy (non-hydrogen) atoms. The van der Waals surface area contributed by atoms with Gasteiger partial charge in [0.25, 0.3) is 0 Å². The number of Topliss-reactive ketones (excluding diaryl/α,β-unsaturated/α-hetero) is 1. The van der Waals surface area contributed by atoms with Crippen LogP contribution in [0.5, 0.6) is 0 Å². The summed E-state index contributed by atoms with van der Waals surface area (Å²) in [5, 5.41) is 0. The van der Waals surface area contributed by atoms with E-state index in [2.05, 4.69) is 13.0 Å². The van der Waals surface area contributed by atoms with Gasteiger partial charge in [0.1, 0.15) is 0 Å². The fraction of sp³-hybridized carbons (Fsp3) is 0.583. The SMILES string of the molecule is CCCCC(=O)c1cc2c(s1)CCC2. The van der Waals surface area contributed by atoms with E-state index in [1.165, 1.54) is 29.7 Å². The number of hydrogen-bond donors (Lipinski definition) is 0. The molecule has 1 aromatic rings. The van der Waals surface area contributed by atoms with Gasteiger partial charge in [0.2, 0.25) is 0 Å². The summed E-state index contributed by atoms with van der Waals surface area (Å²) in [7, 11) is 0. The smallest absolute Gasteiger partial charge is 0.172 e. The van der Waals surface area contributed by atoms with Gasteiger partial charge < -0.3 is 0 Å². The Morgan fingerprint density at radius 2 is 2.36 bits per heavy atom. The van der Waals surface area contributed by atoms with E-state index in [4.69, 9.17) is 0 Å². The quantitative estimate of drug-likeness (QED) is 0.691. The summed E-state index contributed by atoms with van der Waals surface area (Å²) in [5.74, 6) is 0.353. The van der Waals surface area contributed by atoms with Crippen LogP contribution in [0.15, 0.2) is 6.07 Å². The van der Waals surface area contributed by atoms with Crippen molar-refractivity contribution in [2.45, 2.75) is 45.4 Å². The Bertz CT molecular complexity index is 317. The Balaban J connectivity index is 2.06. The molecule has 0 unspecified atom stereocenters. The lowest BCUT2D eigenvalue weighted by molar-refractivity contribution is 0.0983. The van der Waals surface area contributed by atoms with Crippen LogP contribution in [-0.4, -0.2) is 5.78 Å². The van der Waals surface area contributed by atoms with E-state index in [1.54, 1.807) is 11.3 Å². The maximum Gasteiger partial charge on any atom is 0.172 e. The number of fused-ring (bicyclic) bond motifs is 1. The van der Waals surface area contributed by atoms with Gasteiger partial charge in [-0.2, -0.15) is 0 Å². The molecule has 0 atom stereocenters. The van der Waals surface area contributed by atoms with E-state index in [-0.39, 0.29) is 0 Å². The number of unbranched alkanes of at least 4 members (excludes halogenated alkanes) is 1. The molecule has 0 radical (unpaired) electrons. The second-order valence-electron chi connectivity index (χ2n) is 3.94. The van der Waals surface area contributed by atoms with Crippen molar-refractivity contribution < 1.29 is 4.79 Å². The fourth-order valence-corrected chi connectivity index (χ4v) is 3.15. The zero-order valence-electron chi connectivity index (χ0n) is 8.64. The van der Waals surface area contributed by atoms with Gasteiger partial charge in [-0.25, -0.2) is 0 Å². The molecule has 0 saturated carbocycles. The normalized spacial score (nSPS) is 14.4. The van der Waals surface area contributed by atoms with Crippen LogP contribution >= 0.6 is 11.3 Å². The van der Waals surface area contributed by atoms with Crippen molar-refractivity contribution in [2.24, 2.45) is 0 Å². The molecule has 76 valence electrons. The van der Waals surface area contributed by atoms with Gasteiger partial charge in [0.15, 0.2) is 5.78 Å². The van der Waals surface area contributed by atoms with Crippen LogP contribution in [0.3, 0.4) is 0 Å². The number of aryl methyl sites for hydroxylation is 2. The third-order valence-corrected chi connectivity index (χ3v) is 4.06. The van der Waals surface area contributed by atoms with Crippen LogP contribution in [0.1, 0.15) is 52.7 Å². The van der Waals surface area contributed by atoms with E-state index >= 15 is 0 Å². The minimum Gasteiger partial charge on any atom is -0.293 e. The van der Waals surface area contributed by atoms with Gasteiger partial charge >= 0.3 is 0 Å². The van der Waals surface area contributed by atoms with Crippen molar-refractivity contribution in [1.29, 1.82) is 0 Å². The van der Waals surface area contributed by atoms with Crippen molar-refractivity contribution in [3.8, 4) is 0 Å². The molecular formula is C12H16OS. The summed E-state index contributed by atoms with van der Waals surface area (Å²) in [5.41, 5.74) is 1.44. The Kier molecular flexibility index (Phi) is 3.02. The van der Waals surface area contributed by atoms with Gasteiger partial charge in [-0.3, -0.25) is 4.79 Å². The van der Waals surface area contributed by atoms with Gasteiger partial charge in [0.05, 0.1) is 4.88 Å². The molecule has 0 spiro atoms. The van der Waals surface area contributed by atoms with Crippen molar-refractivity contribution in [3.05, 3.63) is 21.4 Å². The molecule has 1 heterocycles. The highest BCUT2D eigenvalue weighted by molar-refractivity contribution is 7.14. The molecule has 0 N–H and O–H groups in total. The van der Waals surface area contributed by atoms with Crippen molar-refractivity contribution in [3.63, 3.8) is 0 Å². The molecule has 0 fully saturated rings. The second-order valence-corrected chi connectivity index (χ2v) is 5.08. The van der Waals surface area contributed by atoms with Crippen LogP contribution in [-0.2, 0) is 12.8 Å². The first-order valence-corrected chi connectivity index (χ1v) is 6.27. The second kappa shape index (κ2) is 4.26. The molecule has 1 aliphatic carbocycles. The van der Waals surface area contributed by atoms with Crippen LogP contribution in [0.25, 0.3) is 0 Å². The molecule has 2 heteroatoms. The third kappa shape index (κ3) is 1.90. The van der Waals surface area contributed by atoms with Gasteiger partial charge in [0, 0.05) is 11.3 Å². The predicted molar refractivity (Wildman–Crippen MR) is 60.2 cm³/mol. The number of hydrogen-bond acceptors (Lipinski definition) is 2. The molecule has 0 aromatic carbocycles. The Labute approximate surface area is 89.1 Å². The summed E-state index contributed by atoms with van der Waals surface area (Å²) < 4.78 is 0. The van der Waals surface area contributed by atoms with Crippen LogP contribution in [0.2, 0.25) is 0 Å². The zero-order chi connectivity index (χ0) is 9.97. The molecular weight excluding hydrogens is 192 g/mol. The van der Waals surface area contributed by atoms with E-state index in [0.717, 1.165) is 24.1 Å². The number of thiophene rings is 1. The fourth-order valence-electron chi connectivity index (χ4n) is 1.93. The molecule has 0 aliphatic heterocycles.